The van der Waals surface area contributed by atoms with Crippen molar-refractivity contribution in [2.45, 2.75) is 65.3 Å². The molecule has 0 saturated carbocycles. The van der Waals surface area contributed by atoms with Crippen molar-refractivity contribution < 1.29 is 38.2 Å². The van der Waals surface area contributed by atoms with E-state index in [4.69, 9.17) is 14.2 Å². The minimum atomic E-state index is -1.21. The van der Waals surface area contributed by atoms with Gasteiger partial charge < -0.3 is 14.2 Å². The lowest BCUT2D eigenvalue weighted by Gasteiger charge is -2.42. The van der Waals surface area contributed by atoms with Crippen LogP contribution in [-0.2, 0) is 30.4 Å². The third-order valence-corrected chi connectivity index (χ3v) is 7.91. The van der Waals surface area contributed by atoms with E-state index < -0.39 is 52.9 Å². The SMILES string of the molecule is COC(=O)[C@H]1CN(CCC(C)(C)C(C(=O)OCc2ccccc2)N2C(=O)c3ccccc3C2=O)CCN1C(=O)OC(C)(C)C. The van der Waals surface area contributed by atoms with Crippen LogP contribution in [0.15, 0.2) is 54.6 Å². The Kier molecular flexibility index (Phi) is 9.78. The highest BCUT2D eigenvalue weighted by molar-refractivity contribution is 6.22. The molecule has 0 aliphatic carbocycles. The van der Waals surface area contributed by atoms with E-state index in [0.29, 0.717) is 19.5 Å². The van der Waals surface area contributed by atoms with E-state index in [1.807, 2.05) is 49.1 Å². The van der Waals surface area contributed by atoms with Crippen LogP contribution in [0.3, 0.4) is 0 Å². The van der Waals surface area contributed by atoms with Gasteiger partial charge in [-0.05, 0) is 56.8 Å². The van der Waals surface area contributed by atoms with Gasteiger partial charge in [-0.3, -0.25) is 24.3 Å². The summed E-state index contributed by atoms with van der Waals surface area (Å²) in [6, 6.07) is 13.6. The Labute approximate surface area is 258 Å². The van der Waals surface area contributed by atoms with Crippen LogP contribution in [0.4, 0.5) is 4.79 Å². The molecule has 0 spiro atoms. The van der Waals surface area contributed by atoms with Crippen molar-refractivity contribution >= 4 is 29.8 Å². The highest BCUT2D eigenvalue weighted by atomic mass is 16.6. The normalized spacial score (nSPS) is 18.1. The number of methoxy groups -OCH3 is 1. The number of hydrogen-bond acceptors (Lipinski definition) is 9. The Balaban J connectivity index is 1.53. The van der Waals surface area contributed by atoms with E-state index in [-0.39, 0.29) is 30.8 Å². The number of esters is 2. The predicted molar refractivity (Wildman–Crippen MR) is 161 cm³/mol. The van der Waals surface area contributed by atoms with E-state index in [2.05, 4.69) is 0 Å². The van der Waals surface area contributed by atoms with Crippen molar-refractivity contribution in [1.82, 2.24) is 14.7 Å². The molecule has 0 N–H and O–H groups in total. The number of hydrogen-bond donors (Lipinski definition) is 0. The molecule has 2 aliphatic heterocycles. The number of piperazine rings is 1. The van der Waals surface area contributed by atoms with Crippen molar-refractivity contribution in [3.05, 3.63) is 71.3 Å². The number of imide groups is 1. The Bertz CT molecular complexity index is 1370. The molecule has 11 nitrogen and oxygen atoms in total. The van der Waals surface area contributed by atoms with Crippen LogP contribution >= 0.6 is 0 Å². The molecule has 2 heterocycles. The van der Waals surface area contributed by atoms with Crippen LogP contribution in [0.2, 0.25) is 0 Å². The third kappa shape index (κ3) is 7.27. The van der Waals surface area contributed by atoms with Gasteiger partial charge in [0.05, 0.1) is 18.2 Å². The molecule has 0 bridgehead atoms. The molecule has 2 atom stereocenters. The van der Waals surface area contributed by atoms with E-state index in [9.17, 15) is 24.0 Å². The summed E-state index contributed by atoms with van der Waals surface area (Å²) >= 11 is 0. The summed E-state index contributed by atoms with van der Waals surface area (Å²) in [5.74, 6) is -2.34. The van der Waals surface area contributed by atoms with Gasteiger partial charge in [0.1, 0.15) is 24.3 Å². The van der Waals surface area contributed by atoms with Gasteiger partial charge in [0, 0.05) is 19.6 Å². The maximum atomic E-state index is 13.8. The minimum Gasteiger partial charge on any atom is -0.467 e. The summed E-state index contributed by atoms with van der Waals surface area (Å²) in [6.45, 7) is 10.2. The minimum absolute atomic E-state index is 0.0111. The molecule has 11 heteroatoms. The number of amides is 3. The van der Waals surface area contributed by atoms with E-state index >= 15 is 0 Å². The molecular weight excluding hydrogens is 566 g/mol. The molecule has 1 unspecified atom stereocenters. The summed E-state index contributed by atoms with van der Waals surface area (Å²) in [6.07, 6.45) is -0.231. The van der Waals surface area contributed by atoms with Crippen molar-refractivity contribution in [2.24, 2.45) is 5.41 Å². The first-order chi connectivity index (χ1) is 20.7. The first-order valence-corrected chi connectivity index (χ1v) is 14.7. The smallest absolute Gasteiger partial charge is 0.411 e. The van der Waals surface area contributed by atoms with Crippen molar-refractivity contribution in [1.29, 1.82) is 0 Å². The Morgan fingerprint density at radius 1 is 0.886 bits per heavy atom. The Morgan fingerprint density at radius 3 is 2.05 bits per heavy atom. The van der Waals surface area contributed by atoms with Gasteiger partial charge in [0.25, 0.3) is 11.8 Å². The Morgan fingerprint density at radius 2 is 1.48 bits per heavy atom. The van der Waals surface area contributed by atoms with Gasteiger partial charge in [0.15, 0.2) is 0 Å². The standard InChI is InChI=1S/C33H41N3O8/c1-32(2,3)44-31(41)35-19-18-34(20-25(35)29(39)42-6)17-16-33(4,5)26(30(40)43-21-22-12-8-7-9-13-22)36-27(37)23-14-10-11-15-24(23)28(36)38/h7-15,25-26H,16-21H2,1-6H3/t25-,26?/m1/s1. The summed E-state index contributed by atoms with van der Waals surface area (Å²) in [5, 5.41) is 0. The number of rotatable bonds is 9. The largest absolute Gasteiger partial charge is 0.467 e. The van der Waals surface area contributed by atoms with E-state index in [1.165, 1.54) is 12.0 Å². The molecule has 1 saturated heterocycles. The zero-order valence-corrected chi connectivity index (χ0v) is 26.2. The molecule has 1 fully saturated rings. The number of fused-ring (bicyclic) bond motifs is 1. The van der Waals surface area contributed by atoms with Gasteiger partial charge in [-0.15, -0.1) is 0 Å². The zero-order valence-electron chi connectivity index (χ0n) is 26.2. The average Bonchev–Trinajstić information content (AvgIpc) is 3.23. The van der Waals surface area contributed by atoms with Crippen LogP contribution in [0.1, 0.15) is 67.3 Å². The van der Waals surface area contributed by atoms with E-state index in [1.54, 1.807) is 45.0 Å². The molecule has 0 radical (unpaired) electrons. The summed E-state index contributed by atoms with van der Waals surface area (Å²) in [5.41, 5.74) is -0.393. The lowest BCUT2D eigenvalue weighted by Crippen LogP contribution is -2.60. The average molecular weight is 608 g/mol. The molecule has 2 aromatic carbocycles. The second-order valence-corrected chi connectivity index (χ2v) is 12.8. The van der Waals surface area contributed by atoms with Crippen molar-refractivity contribution in [2.75, 3.05) is 33.3 Å². The number of nitrogens with zero attached hydrogens (tertiary/aromatic N) is 3. The maximum Gasteiger partial charge on any atom is 0.411 e. The van der Waals surface area contributed by atoms with Gasteiger partial charge in [-0.1, -0.05) is 56.3 Å². The summed E-state index contributed by atoms with van der Waals surface area (Å²) < 4.78 is 16.2. The molecule has 44 heavy (non-hydrogen) atoms. The lowest BCUT2D eigenvalue weighted by molar-refractivity contribution is -0.154. The molecule has 2 aromatic rings. The topological polar surface area (TPSA) is 123 Å². The van der Waals surface area contributed by atoms with Crippen molar-refractivity contribution in [3.63, 3.8) is 0 Å². The fourth-order valence-electron chi connectivity index (χ4n) is 5.53. The fraction of sp³-hybridized carbons (Fsp3) is 0.485. The second kappa shape index (κ2) is 13.2. The highest BCUT2D eigenvalue weighted by Gasteiger charge is 2.50. The maximum absolute atomic E-state index is 13.8. The Hall–Kier alpha value is -4.25. The van der Waals surface area contributed by atoms with Crippen molar-refractivity contribution in [3.8, 4) is 0 Å². The van der Waals surface area contributed by atoms with Crippen LogP contribution in [0, 0.1) is 5.41 Å². The molecule has 0 aromatic heterocycles. The number of ether oxygens (including phenoxy) is 3. The van der Waals surface area contributed by atoms with Gasteiger partial charge in [-0.2, -0.15) is 0 Å². The molecule has 4 rings (SSSR count). The molecule has 236 valence electrons. The van der Waals surface area contributed by atoms with Gasteiger partial charge in [0.2, 0.25) is 0 Å². The third-order valence-electron chi connectivity index (χ3n) is 7.91. The molecular formula is C33H41N3O8. The predicted octanol–water partition coefficient (Wildman–Crippen LogP) is 3.91. The molecule has 2 aliphatic rings. The first kappa shape index (κ1) is 32.7. The molecule has 3 amide bonds. The monoisotopic (exact) mass is 607 g/mol. The first-order valence-electron chi connectivity index (χ1n) is 14.7. The van der Waals surface area contributed by atoms with Crippen LogP contribution in [0.25, 0.3) is 0 Å². The number of carbonyl (C=O) groups excluding carboxylic acids is 5. The second-order valence-electron chi connectivity index (χ2n) is 12.8. The van der Waals surface area contributed by atoms with Gasteiger partial charge in [-0.25, -0.2) is 14.4 Å². The fourth-order valence-corrected chi connectivity index (χ4v) is 5.53. The number of benzene rings is 2. The van der Waals surface area contributed by atoms with Crippen LogP contribution in [-0.4, -0.2) is 95.5 Å². The van der Waals surface area contributed by atoms with Gasteiger partial charge >= 0.3 is 18.0 Å². The highest BCUT2D eigenvalue weighted by Crippen LogP contribution is 2.36. The van der Waals surface area contributed by atoms with Crippen LogP contribution < -0.4 is 0 Å². The summed E-state index contributed by atoms with van der Waals surface area (Å²) in [7, 11) is 1.27. The summed E-state index contributed by atoms with van der Waals surface area (Å²) in [4.78, 5) is 70.7. The zero-order chi connectivity index (χ0) is 32.2. The van der Waals surface area contributed by atoms with Crippen LogP contribution in [0.5, 0.6) is 0 Å². The van der Waals surface area contributed by atoms with E-state index in [0.717, 1.165) is 10.5 Å². The number of carbonyl (C=O) groups is 5. The quantitative estimate of drug-likeness (QED) is 0.237. The lowest BCUT2D eigenvalue weighted by atomic mass is 9.79.